The van der Waals surface area contributed by atoms with Crippen molar-refractivity contribution in [1.29, 1.82) is 0 Å². The minimum Gasteiger partial charge on any atom is -0.497 e. The van der Waals surface area contributed by atoms with E-state index in [4.69, 9.17) is 9.47 Å². The van der Waals surface area contributed by atoms with Gasteiger partial charge < -0.3 is 19.3 Å². The van der Waals surface area contributed by atoms with Crippen LogP contribution >= 0.6 is 0 Å². The highest BCUT2D eigenvalue weighted by Gasteiger charge is 2.22. The van der Waals surface area contributed by atoms with Crippen molar-refractivity contribution in [2.75, 3.05) is 21.3 Å². The van der Waals surface area contributed by atoms with Crippen LogP contribution in [-0.4, -0.2) is 32.4 Å². The van der Waals surface area contributed by atoms with E-state index in [-0.39, 0.29) is 0 Å². The van der Waals surface area contributed by atoms with Gasteiger partial charge in [-0.25, -0.2) is 4.79 Å². The van der Waals surface area contributed by atoms with E-state index in [9.17, 15) is 9.90 Å². The number of benzene rings is 1. The Balaban J connectivity index is 3.12. The summed E-state index contributed by atoms with van der Waals surface area (Å²) >= 11 is 0. The molecule has 0 saturated carbocycles. The molecule has 1 aromatic rings. The normalized spacial score (nSPS) is 11.8. The SMILES string of the molecule is COC(=O)C(O)c1cc(OC)ccc1OC. The molecule has 0 fully saturated rings. The fraction of sp³-hybridized carbons (Fsp3) is 0.364. The van der Waals surface area contributed by atoms with Gasteiger partial charge in [-0.2, -0.15) is 0 Å². The second-order valence-electron chi connectivity index (χ2n) is 3.03. The third-order valence-corrected chi connectivity index (χ3v) is 2.16. The number of esters is 1. The van der Waals surface area contributed by atoms with Gasteiger partial charge in [-0.3, -0.25) is 0 Å². The molecule has 0 bridgehead atoms. The number of ether oxygens (including phenoxy) is 3. The van der Waals surface area contributed by atoms with Gasteiger partial charge in [-0.15, -0.1) is 0 Å². The summed E-state index contributed by atoms with van der Waals surface area (Å²) in [6.45, 7) is 0. The van der Waals surface area contributed by atoms with E-state index < -0.39 is 12.1 Å². The maximum atomic E-state index is 11.2. The smallest absolute Gasteiger partial charge is 0.339 e. The molecule has 1 aromatic carbocycles. The summed E-state index contributed by atoms with van der Waals surface area (Å²) in [5.41, 5.74) is 0.314. The minimum atomic E-state index is -1.38. The van der Waals surface area contributed by atoms with Crippen LogP contribution in [0.25, 0.3) is 0 Å². The molecule has 0 aromatic heterocycles. The van der Waals surface area contributed by atoms with Crippen molar-refractivity contribution >= 4 is 5.97 Å². The summed E-state index contributed by atoms with van der Waals surface area (Å²) in [4.78, 5) is 11.2. The molecule has 5 heteroatoms. The molecule has 1 atom stereocenters. The van der Waals surface area contributed by atoms with Crippen LogP contribution in [-0.2, 0) is 9.53 Å². The van der Waals surface area contributed by atoms with Crippen molar-refractivity contribution in [3.8, 4) is 11.5 Å². The molecule has 0 spiro atoms. The summed E-state index contributed by atoms with van der Waals surface area (Å²) < 4.78 is 14.5. The molecule has 16 heavy (non-hydrogen) atoms. The van der Waals surface area contributed by atoms with Crippen LogP contribution < -0.4 is 9.47 Å². The zero-order chi connectivity index (χ0) is 12.1. The van der Waals surface area contributed by atoms with Gasteiger partial charge in [0.1, 0.15) is 11.5 Å². The number of hydrogen-bond donors (Lipinski definition) is 1. The molecule has 0 heterocycles. The van der Waals surface area contributed by atoms with Gasteiger partial charge in [0, 0.05) is 5.56 Å². The fourth-order valence-electron chi connectivity index (χ4n) is 1.29. The molecule has 88 valence electrons. The van der Waals surface area contributed by atoms with Crippen molar-refractivity contribution in [2.45, 2.75) is 6.10 Å². The van der Waals surface area contributed by atoms with Gasteiger partial charge >= 0.3 is 5.97 Å². The molecule has 1 unspecified atom stereocenters. The second kappa shape index (κ2) is 5.37. The third kappa shape index (κ3) is 2.43. The van der Waals surface area contributed by atoms with Crippen molar-refractivity contribution in [1.82, 2.24) is 0 Å². The van der Waals surface area contributed by atoms with Crippen molar-refractivity contribution in [3.05, 3.63) is 23.8 Å². The summed E-state index contributed by atoms with van der Waals surface area (Å²) in [5.74, 6) is 0.184. The maximum absolute atomic E-state index is 11.2. The Hall–Kier alpha value is -1.75. The lowest BCUT2D eigenvalue weighted by atomic mass is 10.1. The second-order valence-corrected chi connectivity index (χ2v) is 3.03. The third-order valence-electron chi connectivity index (χ3n) is 2.16. The Morgan fingerprint density at radius 2 is 1.94 bits per heavy atom. The zero-order valence-corrected chi connectivity index (χ0v) is 9.39. The zero-order valence-electron chi connectivity index (χ0n) is 9.39. The van der Waals surface area contributed by atoms with Crippen LogP contribution in [0.1, 0.15) is 11.7 Å². The highest BCUT2D eigenvalue weighted by Crippen LogP contribution is 2.29. The van der Waals surface area contributed by atoms with E-state index >= 15 is 0 Å². The molecular weight excluding hydrogens is 212 g/mol. The largest absolute Gasteiger partial charge is 0.497 e. The quantitative estimate of drug-likeness (QED) is 0.773. The molecule has 1 N–H and O–H groups in total. The Kier molecular flexibility index (Phi) is 4.13. The number of rotatable bonds is 4. The molecule has 0 saturated heterocycles. The first-order valence-electron chi connectivity index (χ1n) is 4.61. The lowest BCUT2D eigenvalue weighted by Crippen LogP contribution is -2.14. The average Bonchev–Trinajstić information content (AvgIpc) is 2.35. The van der Waals surface area contributed by atoms with Crippen LogP contribution in [0.2, 0.25) is 0 Å². The van der Waals surface area contributed by atoms with Crippen LogP contribution in [0.15, 0.2) is 18.2 Å². The number of hydrogen-bond acceptors (Lipinski definition) is 5. The first-order chi connectivity index (χ1) is 7.63. The standard InChI is InChI=1S/C11H14O5/c1-14-7-4-5-9(15-2)8(6-7)10(12)11(13)16-3/h4-6,10,12H,1-3H3. The van der Waals surface area contributed by atoms with E-state index in [1.807, 2.05) is 0 Å². The lowest BCUT2D eigenvalue weighted by molar-refractivity contribution is -0.150. The first-order valence-corrected chi connectivity index (χ1v) is 4.61. The van der Waals surface area contributed by atoms with Crippen molar-refractivity contribution in [2.24, 2.45) is 0 Å². The summed E-state index contributed by atoms with van der Waals surface area (Å²) in [5, 5.41) is 9.71. The van der Waals surface area contributed by atoms with E-state index in [0.29, 0.717) is 17.1 Å². The van der Waals surface area contributed by atoms with Crippen LogP contribution in [0.5, 0.6) is 11.5 Å². The number of carbonyl (C=O) groups excluding carboxylic acids is 1. The summed E-state index contributed by atoms with van der Waals surface area (Å²) in [7, 11) is 4.16. The fourth-order valence-corrected chi connectivity index (χ4v) is 1.29. The Bertz CT molecular complexity index is 375. The lowest BCUT2D eigenvalue weighted by Gasteiger charge is -2.13. The predicted octanol–water partition coefficient (Wildman–Crippen LogP) is 0.910. The minimum absolute atomic E-state index is 0.314. The number of carbonyl (C=O) groups is 1. The predicted molar refractivity (Wildman–Crippen MR) is 56.5 cm³/mol. The van der Waals surface area contributed by atoms with Gasteiger partial charge in [0.25, 0.3) is 0 Å². The van der Waals surface area contributed by atoms with Gasteiger partial charge in [-0.1, -0.05) is 0 Å². The molecule has 0 amide bonds. The molecule has 0 radical (unpaired) electrons. The Morgan fingerprint density at radius 1 is 1.25 bits per heavy atom. The Labute approximate surface area is 93.6 Å². The highest BCUT2D eigenvalue weighted by molar-refractivity contribution is 5.77. The summed E-state index contributed by atoms with van der Waals surface area (Å²) in [6, 6.07) is 4.81. The van der Waals surface area contributed by atoms with Gasteiger partial charge in [0.2, 0.25) is 0 Å². The van der Waals surface area contributed by atoms with E-state index in [1.165, 1.54) is 27.4 Å². The molecule has 0 aliphatic heterocycles. The molecular formula is C11H14O5. The van der Waals surface area contributed by atoms with Gasteiger partial charge in [0.15, 0.2) is 6.10 Å². The van der Waals surface area contributed by atoms with Crippen molar-refractivity contribution < 1.29 is 24.1 Å². The van der Waals surface area contributed by atoms with Crippen molar-refractivity contribution in [3.63, 3.8) is 0 Å². The first kappa shape index (κ1) is 12.3. The topological polar surface area (TPSA) is 65.0 Å². The van der Waals surface area contributed by atoms with E-state index in [1.54, 1.807) is 12.1 Å². The van der Waals surface area contributed by atoms with Crippen LogP contribution in [0.4, 0.5) is 0 Å². The highest BCUT2D eigenvalue weighted by atomic mass is 16.5. The molecule has 0 aliphatic carbocycles. The van der Waals surface area contributed by atoms with Gasteiger partial charge in [0.05, 0.1) is 21.3 Å². The van der Waals surface area contributed by atoms with Crippen LogP contribution in [0, 0.1) is 0 Å². The number of aliphatic hydroxyl groups is 1. The van der Waals surface area contributed by atoms with E-state index in [2.05, 4.69) is 4.74 Å². The van der Waals surface area contributed by atoms with Gasteiger partial charge in [-0.05, 0) is 18.2 Å². The van der Waals surface area contributed by atoms with Crippen LogP contribution in [0.3, 0.4) is 0 Å². The molecule has 1 rings (SSSR count). The maximum Gasteiger partial charge on any atom is 0.339 e. The van der Waals surface area contributed by atoms with E-state index in [0.717, 1.165) is 0 Å². The average molecular weight is 226 g/mol. The summed E-state index contributed by atoms with van der Waals surface area (Å²) in [6.07, 6.45) is -1.38. The monoisotopic (exact) mass is 226 g/mol. The molecule has 0 aliphatic rings. The molecule has 5 nitrogen and oxygen atoms in total. The number of methoxy groups -OCH3 is 3. The number of aliphatic hydroxyl groups excluding tert-OH is 1. The Morgan fingerprint density at radius 3 is 2.44 bits per heavy atom.